The predicted octanol–water partition coefficient (Wildman–Crippen LogP) is 5.02. The van der Waals surface area contributed by atoms with Crippen LogP contribution in [-0.4, -0.2) is 12.1 Å². The second kappa shape index (κ2) is 6.52. The Morgan fingerprint density at radius 3 is 2.43 bits per heavy atom. The predicted molar refractivity (Wildman–Crippen MR) is 90.6 cm³/mol. The van der Waals surface area contributed by atoms with Gasteiger partial charge < -0.3 is 5.32 Å². The molecule has 2 aliphatic rings. The van der Waals surface area contributed by atoms with Crippen molar-refractivity contribution in [3.63, 3.8) is 0 Å². The third-order valence-corrected chi connectivity index (χ3v) is 6.02. The van der Waals surface area contributed by atoms with Gasteiger partial charge in [-0.1, -0.05) is 37.1 Å². The molecule has 0 aromatic heterocycles. The van der Waals surface area contributed by atoms with Crippen LogP contribution in [0.3, 0.4) is 0 Å². The van der Waals surface area contributed by atoms with Crippen molar-refractivity contribution in [3.8, 4) is 0 Å². The van der Waals surface area contributed by atoms with Gasteiger partial charge in [-0.25, -0.2) is 0 Å². The number of benzene rings is 1. The smallest absolute Gasteiger partial charge is 0.00818 e. The van der Waals surface area contributed by atoms with Crippen LogP contribution in [0.5, 0.6) is 0 Å². The van der Waals surface area contributed by atoms with Gasteiger partial charge in [0.25, 0.3) is 0 Å². The molecule has 116 valence electrons. The summed E-state index contributed by atoms with van der Waals surface area (Å²) < 4.78 is 0. The first kappa shape index (κ1) is 15.1. The molecule has 1 aromatic carbocycles. The lowest BCUT2D eigenvalue weighted by Crippen LogP contribution is -2.42. The normalized spacial score (nSPS) is 23.5. The highest BCUT2D eigenvalue weighted by Gasteiger charge is 2.37. The lowest BCUT2D eigenvalue weighted by Gasteiger charge is -2.38. The second-order valence-corrected chi connectivity index (χ2v) is 7.68. The van der Waals surface area contributed by atoms with Crippen molar-refractivity contribution < 1.29 is 0 Å². The van der Waals surface area contributed by atoms with Crippen molar-refractivity contribution in [2.75, 3.05) is 0 Å². The van der Waals surface area contributed by atoms with Gasteiger partial charge in [-0.05, 0) is 75.3 Å². The van der Waals surface area contributed by atoms with Crippen LogP contribution in [0.25, 0.3) is 0 Å². The van der Waals surface area contributed by atoms with E-state index in [0.717, 1.165) is 17.9 Å². The molecule has 0 heterocycles. The lowest BCUT2D eigenvalue weighted by atomic mass is 9.71. The van der Waals surface area contributed by atoms with E-state index in [9.17, 15) is 0 Å². The topological polar surface area (TPSA) is 12.0 Å². The van der Waals surface area contributed by atoms with Crippen LogP contribution < -0.4 is 5.32 Å². The molecule has 1 spiro atoms. The average Bonchev–Trinajstić information content (AvgIpc) is 2.93. The molecule has 0 aliphatic heterocycles. The van der Waals surface area contributed by atoms with Crippen LogP contribution >= 0.6 is 0 Å². The summed E-state index contributed by atoms with van der Waals surface area (Å²) in [6.45, 7) is 4.58. The maximum Gasteiger partial charge on any atom is 0.00818 e. The fourth-order valence-corrected chi connectivity index (χ4v) is 4.65. The molecule has 1 atom stereocenters. The van der Waals surface area contributed by atoms with E-state index in [-0.39, 0.29) is 0 Å². The summed E-state index contributed by atoms with van der Waals surface area (Å²) in [5.41, 5.74) is 3.69. The molecule has 3 rings (SSSR count). The molecule has 1 heteroatoms. The zero-order valence-corrected chi connectivity index (χ0v) is 13.8. The van der Waals surface area contributed by atoms with E-state index < -0.39 is 0 Å². The average molecular weight is 285 g/mol. The third kappa shape index (κ3) is 3.69. The first-order valence-electron chi connectivity index (χ1n) is 8.97. The minimum atomic E-state index is 0.591. The molecule has 1 nitrogen and oxygen atoms in total. The van der Waals surface area contributed by atoms with E-state index in [1.165, 1.54) is 62.5 Å². The number of aryl methyl sites for hydroxylation is 1. The maximum absolute atomic E-state index is 3.90. The van der Waals surface area contributed by atoms with E-state index in [1.807, 2.05) is 0 Å². The monoisotopic (exact) mass is 285 g/mol. The molecular formula is C20H31N. The van der Waals surface area contributed by atoms with Crippen molar-refractivity contribution in [1.29, 1.82) is 0 Å². The molecular weight excluding hydrogens is 254 g/mol. The summed E-state index contributed by atoms with van der Waals surface area (Å²) in [4.78, 5) is 0. The largest absolute Gasteiger partial charge is 0.311 e. The molecule has 0 radical (unpaired) electrons. The molecule has 21 heavy (non-hydrogen) atoms. The fourth-order valence-electron chi connectivity index (χ4n) is 4.65. The quantitative estimate of drug-likeness (QED) is 0.819. The van der Waals surface area contributed by atoms with E-state index in [4.69, 9.17) is 0 Å². The minimum Gasteiger partial charge on any atom is -0.311 e. The summed E-state index contributed by atoms with van der Waals surface area (Å²) in [5.74, 6) is 0. The van der Waals surface area contributed by atoms with E-state index in [0.29, 0.717) is 6.04 Å². The van der Waals surface area contributed by atoms with Crippen LogP contribution in [0.15, 0.2) is 24.3 Å². The number of hydrogen-bond acceptors (Lipinski definition) is 1. The molecule has 0 bridgehead atoms. The summed E-state index contributed by atoms with van der Waals surface area (Å²) in [6.07, 6.45) is 12.9. The van der Waals surface area contributed by atoms with E-state index >= 15 is 0 Å². The Labute approximate surface area is 130 Å². The van der Waals surface area contributed by atoms with E-state index in [2.05, 4.69) is 43.4 Å². The standard InChI is InChI=1S/C20H31N/c1-16-7-3-4-8-18(16)15-17(2)21-19-9-13-20(14-10-19)11-5-6-12-20/h3-4,7-8,17,19,21H,5-6,9-15H2,1-2H3. The third-order valence-electron chi connectivity index (χ3n) is 6.02. The van der Waals surface area contributed by atoms with Crippen LogP contribution in [0.2, 0.25) is 0 Å². The summed E-state index contributed by atoms with van der Waals surface area (Å²) in [5, 5.41) is 3.90. The van der Waals surface area contributed by atoms with Crippen LogP contribution in [0.4, 0.5) is 0 Å². The molecule has 0 amide bonds. The van der Waals surface area contributed by atoms with Crippen molar-refractivity contribution in [3.05, 3.63) is 35.4 Å². The van der Waals surface area contributed by atoms with Gasteiger partial charge in [0, 0.05) is 12.1 Å². The van der Waals surface area contributed by atoms with Crippen LogP contribution in [0.1, 0.15) is 69.4 Å². The molecule has 1 N–H and O–H groups in total. The van der Waals surface area contributed by atoms with Crippen LogP contribution in [-0.2, 0) is 6.42 Å². The summed E-state index contributed by atoms with van der Waals surface area (Å²) >= 11 is 0. The lowest BCUT2D eigenvalue weighted by molar-refractivity contribution is 0.163. The summed E-state index contributed by atoms with van der Waals surface area (Å²) in [7, 11) is 0. The van der Waals surface area contributed by atoms with Crippen molar-refractivity contribution in [2.24, 2.45) is 5.41 Å². The molecule has 2 saturated carbocycles. The van der Waals surface area contributed by atoms with Gasteiger partial charge in [-0.15, -0.1) is 0 Å². The van der Waals surface area contributed by atoms with Gasteiger partial charge in [0.05, 0.1) is 0 Å². The Morgan fingerprint density at radius 1 is 1.10 bits per heavy atom. The highest BCUT2D eigenvalue weighted by atomic mass is 14.9. The Kier molecular flexibility index (Phi) is 4.69. The molecule has 0 saturated heterocycles. The Hall–Kier alpha value is -0.820. The second-order valence-electron chi connectivity index (χ2n) is 7.68. The number of nitrogens with one attached hydrogen (secondary N) is 1. The van der Waals surface area contributed by atoms with Gasteiger partial charge in [-0.2, -0.15) is 0 Å². The molecule has 2 aliphatic carbocycles. The zero-order chi connectivity index (χ0) is 14.7. The maximum atomic E-state index is 3.90. The van der Waals surface area contributed by atoms with E-state index in [1.54, 1.807) is 0 Å². The number of rotatable bonds is 4. The number of hydrogen-bond donors (Lipinski definition) is 1. The molecule has 1 unspecified atom stereocenters. The van der Waals surface area contributed by atoms with Gasteiger partial charge >= 0.3 is 0 Å². The highest BCUT2D eigenvalue weighted by Crippen LogP contribution is 2.48. The SMILES string of the molecule is Cc1ccccc1CC(C)NC1CCC2(CCCC2)CC1. The van der Waals surface area contributed by atoms with Gasteiger partial charge in [0.2, 0.25) is 0 Å². The van der Waals surface area contributed by atoms with Crippen molar-refractivity contribution >= 4 is 0 Å². The molecule has 1 aromatic rings. The fraction of sp³-hybridized carbons (Fsp3) is 0.700. The molecule has 2 fully saturated rings. The first-order valence-corrected chi connectivity index (χ1v) is 8.97. The van der Waals surface area contributed by atoms with Gasteiger partial charge in [0.15, 0.2) is 0 Å². The Balaban J connectivity index is 1.48. The van der Waals surface area contributed by atoms with Crippen LogP contribution in [0, 0.1) is 12.3 Å². The Morgan fingerprint density at radius 2 is 1.76 bits per heavy atom. The van der Waals surface area contributed by atoms with Crippen molar-refractivity contribution in [2.45, 2.75) is 83.7 Å². The summed E-state index contributed by atoms with van der Waals surface area (Å²) in [6, 6.07) is 10.2. The van der Waals surface area contributed by atoms with Gasteiger partial charge in [0.1, 0.15) is 0 Å². The van der Waals surface area contributed by atoms with Crippen molar-refractivity contribution in [1.82, 2.24) is 5.32 Å². The Bertz CT molecular complexity index is 449. The zero-order valence-electron chi connectivity index (χ0n) is 13.8. The highest BCUT2D eigenvalue weighted by molar-refractivity contribution is 5.26. The first-order chi connectivity index (χ1) is 10.2. The minimum absolute atomic E-state index is 0.591. The van der Waals surface area contributed by atoms with Gasteiger partial charge in [-0.3, -0.25) is 0 Å².